The van der Waals surface area contributed by atoms with E-state index in [1.807, 2.05) is 80.6 Å². The quantitative estimate of drug-likeness (QED) is 0.326. The SMILES string of the molecule is Cc1ccc(NC(=O)Nc2n[nH]c3cc(OCCOCc4ccccc4)ccc23)c(C)c1. The number of urea groups is 1. The molecule has 3 aromatic carbocycles. The Kier molecular flexibility index (Phi) is 6.67. The zero-order chi connectivity index (χ0) is 22.3. The minimum atomic E-state index is -0.346. The first-order valence-corrected chi connectivity index (χ1v) is 10.5. The molecule has 2 amide bonds. The number of hydrogen-bond donors (Lipinski definition) is 3. The summed E-state index contributed by atoms with van der Waals surface area (Å²) in [5.74, 6) is 1.16. The molecule has 1 aromatic heterocycles. The summed E-state index contributed by atoms with van der Waals surface area (Å²) >= 11 is 0. The van der Waals surface area contributed by atoms with Gasteiger partial charge in [-0.1, -0.05) is 48.0 Å². The van der Waals surface area contributed by atoms with Gasteiger partial charge in [-0.05, 0) is 43.2 Å². The Morgan fingerprint density at radius 3 is 2.62 bits per heavy atom. The molecule has 0 spiro atoms. The highest BCUT2D eigenvalue weighted by molar-refractivity contribution is 6.04. The molecule has 0 aliphatic heterocycles. The lowest BCUT2D eigenvalue weighted by Gasteiger charge is -2.10. The third kappa shape index (κ3) is 5.44. The molecule has 0 unspecified atom stereocenters. The molecule has 4 rings (SSSR count). The lowest BCUT2D eigenvalue weighted by Crippen LogP contribution is -2.20. The van der Waals surface area contributed by atoms with E-state index in [2.05, 4.69) is 20.8 Å². The highest BCUT2D eigenvalue weighted by atomic mass is 16.5. The van der Waals surface area contributed by atoms with E-state index >= 15 is 0 Å². The van der Waals surface area contributed by atoms with Crippen LogP contribution in [0, 0.1) is 13.8 Å². The second kappa shape index (κ2) is 9.98. The molecule has 0 saturated carbocycles. The first-order valence-electron chi connectivity index (χ1n) is 10.5. The summed E-state index contributed by atoms with van der Waals surface area (Å²) in [6.45, 7) is 5.46. The minimum Gasteiger partial charge on any atom is -0.491 e. The number of rotatable bonds is 8. The molecule has 3 N–H and O–H groups in total. The zero-order valence-corrected chi connectivity index (χ0v) is 18.1. The molecule has 7 nitrogen and oxygen atoms in total. The summed E-state index contributed by atoms with van der Waals surface area (Å²) < 4.78 is 11.4. The molecule has 0 bridgehead atoms. The molecule has 0 fully saturated rings. The van der Waals surface area contributed by atoms with Crippen molar-refractivity contribution >= 4 is 28.4 Å². The van der Waals surface area contributed by atoms with Gasteiger partial charge in [0.1, 0.15) is 12.4 Å². The summed E-state index contributed by atoms with van der Waals surface area (Å²) in [4.78, 5) is 12.4. The molecule has 1 heterocycles. The fourth-order valence-electron chi connectivity index (χ4n) is 3.38. The molecule has 0 aliphatic carbocycles. The van der Waals surface area contributed by atoms with Gasteiger partial charge in [0.05, 0.1) is 18.7 Å². The Bertz CT molecular complexity index is 1200. The maximum Gasteiger partial charge on any atom is 0.324 e. The van der Waals surface area contributed by atoms with Crippen molar-refractivity contribution in [2.75, 3.05) is 23.8 Å². The Morgan fingerprint density at radius 2 is 1.81 bits per heavy atom. The van der Waals surface area contributed by atoms with Gasteiger partial charge in [0, 0.05) is 17.1 Å². The third-order valence-corrected chi connectivity index (χ3v) is 5.00. The van der Waals surface area contributed by atoms with Crippen molar-refractivity contribution in [3.63, 3.8) is 0 Å². The van der Waals surface area contributed by atoms with Gasteiger partial charge < -0.3 is 14.8 Å². The first kappa shape index (κ1) is 21.4. The molecule has 0 atom stereocenters. The van der Waals surface area contributed by atoms with Gasteiger partial charge in [0.2, 0.25) is 0 Å². The van der Waals surface area contributed by atoms with Crippen molar-refractivity contribution in [3.8, 4) is 5.75 Å². The summed E-state index contributed by atoms with van der Waals surface area (Å²) in [6.07, 6.45) is 0. The van der Waals surface area contributed by atoms with Crippen LogP contribution in [-0.4, -0.2) is 29.4 Å². The number of nitrogens with one attached hydrogen (secondary N) is 3. The molecule has 0 aliphatic rings. The molecular formula is C25H26N4O3. The largest absolute Gasteiger partial charge is 0.491 e. The van der Waals surface area contributed by atoms with Crippen molar-refractivity contribution < 1.29 is 14.3 Å². The first-order chi connectivity index (χ1) is 15.6. The van der Waals surface area contributed by atoms with Gasteiger partial charge in [-0.25, -0.2) is 4.79 Å². The standard InChI is InChI=1S/C25H26N4O3/c1-17-8-11-22(18(2)14-17)26-25(30)27-24-21-10-9-20(15-23(21)28-29-24)32-13-12-31-16-19-6-4-3-5-7-19/h3-11,14-15H,12-13,16H2,1-2H3,(H3,26,27,28,29,30). The number of benzene rings is 3. The molecule has 7 heteroatoms. The topological polar surface area (TPSA) is 88.3 Å². The number of aryl methyl sites for hydroxylation is 2. The zero-order valence-electron chi connectivity index (χ0n) is 18.1. The molecule has 4 aromatic rings. The highest BCUT2D eigenvalue weighted by Gasteiger charge is 2.11. The van der Waals surface area contributed by atoms with Crippen LogP contribution in [0.25, 0.3) is 10.9 Å². The Balaban J connectivity index is 1.29. The van der Waals surface area contributed by atoms with E-state index in [0.29, 0.717) is 31.4 Å². The highest BCUT2D eigenvalue weighted by Crippen LogP contribution is 2.25. The summed E-state index contributed by atoms with van der Waals surface area (Å²) in [7, 11) is 0. The molecular weight excluding hydrogens is 404 g/mol. The Hall–Kier alpha value is -3.84. The van der Waals surface area contributed by atoms with Crippen LogP contribution in [-0.2, 0) is 11.3 Å². The Morgan fingerprint density at radius 1 is 0.969 bits per heavy atom. The fraction of sp³-hybridized carbons (Fsp3) is 0.200. The van der Waals surface area contributed by atoms with Crippen molar-refractivity contribution in [1.29, 1.82) is 0 Å². The van der Waals surface area contributed by atoms with E-state index in [1.165, 1.54) is 0 Å². The van der Waals surface area contributed by atoms with Crippen molar-refractivity contribution in [2.45, 2.75) is 20.5 Å². The van der Waals surface area contributed by atoms with Crippen molar-refractivity contribution in [2.24, 2.45) is 0 Å². The fourth-order valence-corrected chi connectivity index (χ4v) is 3.38. The van der Waals surface area contributed by atoms with Gasteiger partial charge in [-0.15, -0.1) is 0 Å². The normalized spacial score (nSPS) is 10.8. The van der Waals surface area contributed by atoms with Gasteiger partial charge in [-0.3, -0.25) is 10.4 Å². The number of H-pyrrole nitrogens is 1. The number of amides is 2. The number of nitrogens with zero attached hydrogens (tertiary/aromatic N) is 1. The van der Waals surface area contributed by atoms with Crippen LogP contribution in [0.5, 0.6) is 5.75 Å². The summed E-state index contributed by atoms with van der Waals surface area (Å²) in [6, 6.07) is 21.1. The van der Waals surface area contributed by atoms with E-state index in [9.17, 15) is 4.79 Å². The van der Waals surface area contributed by atoms with Crippen LogP contribution < -0.4 is 15.4 Å². The molecule has 0 radical (unpaired) electrons. The number of aromatic amines is 1. The summed E-state index contributed by atoms with van der Waals surface area (Å²) in [5, 5.41) is 13.6. The lowest BCUT2D eigenvalue weighted by atomic mass is 10.1. The summed E-state index contributed by atoms with van der Waals surface area (Å²) in [5.41, 5.74) is 4.81. The lowest BCUT2D eigenvalue weighted by molar-refractivity contribution is 0.0889. The van der Waals surface area contributed by atoms with Crippen LogP contribution in [0.2, 0.25) is 0 Å². The molecule has 0 saturated heterocycles. The number of anilines is 2. The molecule has 32 heavy (non-hydrogen) atoms. The van der Waals surface area contributed by atoms with E-state index in [4.69, 9.17) is 9.47 Å². The number of ether oxygens (including phenoxy) is 2. The van der Waals surface area contributed by atoms with Crippen LogP contribution in [0.3, 0.4) is 0 Å². The van der Waals surface area contributed by atoms with Gasteiger partial charge in [-0.2, -0.15) is 5.10 Å². The van der Waals surface area contributed by atoms with E-state index in [0.717, 1.165) is 33.3 Å². The average Bonchev–Trinajstić information content (AvgIpc) is 3.18. The third-order valence-electron chi connectivity index (χ3n) is 5.00. The van der Waals surface area contributed by atoms with Crippen molar-refractivity contribution in [1.82, 2.24) is 10.2 Å². The van der Waals surface area contributed by atoms with Crippen LogP contribution >= 0.6 is 0 Å². The monoisotopic (exact) mass is 430 g/mol. The number of carbonyl (C=O) groups excluding carboxylic acids is 1. The smallest absolute Gasteiger partial charge is 0.324 e. The number of aromatic nitrogens is 2. The predicted molar refractivity (Wildman–Crippen MR) is 126 cm³/mol. The van der Waals surface area contributed by atoms with Crippen LogP contribution in [0.15, 0.2) is 66.7 Å². The van der Waals surface area contributed by atoms with Crippen LogP contribution in [0.4, 0.5) is 16.3 Å². The second-order valence-electron chi connectivity index (χ2n) is 7.56. The number of fused-ring (bicyclic) bond motifs is 1. The minimum absolute atomic E-state index is 0.346. The van der Waals surface area contributed by atoms with E-state index in [-0.39, 0.29) is 6.03 Å². The molecule has 164 valence electrons. The maximum atomic E-state index is 12.4. The Labute approximate surface area is 186 Å². The maximum absolute atomic E-state index is 12.4. The van der Waals surface area contributed by atoms with E-state index in [1.54, 1.807) is 0 Å². The van der Waals surface area contributed by atoms with Crippen LogP contribution in [0.1, 0.15) is 16.7 Å². The second-order valence-corrected chi connectivity index (χ2v) is 7.56. The number of carbonyl (C=O) groups is 1. The predicted octanol–water partition coefficient (Wildman–Crippen LogP) is 5.42. The van der Waals surface area contributed by atoms with E-state index < -0.39 is 0 Å². The number of hydrogen-bond acceptors (Lipinski definition) is 4. The van der Waals surface area contributed by atoms with Gasteiger partial charge in [0.15, 0.2) is 5.82 Å². The van der Waals surface area contributed by atoms with Crippen molar-refractivity contribution in [3.05, 3.63) is 83.4 Å². The van der Waals surface area contributed by atoms with Gasteiger partial charge in [0.25, 0.3) is 0 Å². The average molecular weight is 431 g/mol. The van der Waals surface area contributed by atoms with Gasteiger partial charge >= 0.3 is 6.03 Å².